The fourth-order valence-corrected chi connectivity index (χ4v) is 6.67. The quantitative estimate of drug-likeness (QED) is 0.354. The van der Waals surface area contributed by atoms with Crippen LogP contribution in [-0.4, -0.2) is 66.5 Å². The van der Waals surface area contributed by atoms with Crippen molar-refractivity contribution >= 4 is 44.8 Å². The van der Waals surface area contributed by atoms with Crippen LogP contribution in [0, 0.1) is 0 Å². The van der Waals surface area contributed by atoms with Gasteiger partial charge in [0.05, 0.1) is 22.6 Å². The summed E-state index contributed by atoms with van der Waals surface area (Å²) in [4.78, 5) is 24.6. The summed E-state index contributed by atoms with van der Waals surface area (Å²) in [5.41, 5.74) is 3.66. The van der Waals surface area contributed by atoms with Crippen LogP contribution in [0.5, 0.6) is 0 Å². The zero-order valence-corrected chi connectivity index (χ0v) is 22.5. The van der Waals surface area contributed by atoms with Gasteiger partial charge in [-0.05, 0) is 60.2 Å². The number of carbonyl (C=O) groups excluding carboxylic acids is 1. The van der Waals surface area contributed by atoms with Crippen molar-refractivity contribution in [1.82, 2.24) is 19.6 Å². The summed E-state index contributed by atoms with van der Waals surface area (Å²) in [6.45, 7) is 0.772. The molecule has 1 aliphatic carbocycles. The van der Waals surface area contributed by atoms with Crippen LogP contribution < -0.4 is 10.0 Å². The van der Waals surface area contributed by atoms with Gasteiger partial charge in [0.2, 0.25) is 5.78 Å². The number of thiophene rings is 1. The minimum atomic E-state index is -3.95. The minimum Gasteiger partial charge on any atom is -0.390 e. The highest BCUT2D eigenvalue weighted by molar-refractivity contribution is 7.84. The fourth-order valence-electron chi connectivity index (χ4n) is 4.97. The van der Waals surface area contributed by atoms with Crippen molar-refractivity contribution in [1.29, 1.82) is 0 Å². The van der Waals surface area contributed by atoms with E-state index in [0.717, 1.165) is 12.1 Å². The maximum atomic E-state index is 13.5. The molecule has 2 aromatic heterocycles. The Kier molecular flexibility index (Phi) is 7.33. The van der Waals surface area contributed by atoms with Gasteiger partial charge < -0.3 is 10.4 Å². The van der Waals surface area contributed by atoms with Gasteiger partial charge in [0, 0.05) is 30.9 Å². The van der Waals surface area contributed by atoms with Crippen LogP contribution in [0.25, 0.3) is 0 Å². The predicted molar refractivity (Wildman–Crippen MR) is 140 cm³/mol. The number of carbonyl (C=O) groups is 1. The average molecular weight is 564 g/mol. The number of halogens is 1. The van der Waals surface area contributed by atoms with E-state index >= 15 is 0 Å². The summed E-state index contributed by atoms with van der Waals surface area (Å²) in [5, 5.41) is 16.2. The summed E-state index contributed by atoms with van der Waals surface area (Å²) in [6, 6.07) is 7.49. The third-order valence-corrected chi connectivity index (χ3v) is 8.87. The first-order chi connectivity index (χ1) is 17.6. The first-order valence-electron chi connectivity index (χ1n) is 11.6. The van der Waals surface area contributed by atoms with Crippen molar-refractivity contribution in [3.8, 4) is 0 Å². The summed E-state index contributed by atoms with van der Waals surface area (Å²) in [5.74, 6) is 0.0997. The molecule has 196 valence electrons. The SMILES string of the molecule is CNS(=O)(=O)O[C@@H]1C[C@H](Nc2ncncc2C(=O)c2cc([C@@H]3c4ccc(Cl)cc4CN3C)cs2)C[C@@H]1O. The highest BCUT2D eigenvalue weighted by Crippen LogP contribution is 2.40. The molecule has 13 heteroatoms. The second kappa shape index (κ2) is 10.4. The van der Waals surface area contributed by atoms with Crippen LogP contribution in [0.4, 0.5) is 5.82 Å². The Morgan fingerprint density at radius 1 is 1.30 bits per heavy atom. The molecule has 10 nitrogen and oxygen atoms in total. The number of benzene rings is 1. The van der Waals surface area contributed by atoms with Gasteiger partial charge in [-0.2, -0.15) is 13.1 Å². The molecule has 1 saturated carbocycles. The lowest BCUT2D eigenvalue weighted by Crippen LogP contribution is -2.31. The normalized spacial score (nSPS) is 23.8. The van der Waals surface area contributed by atoms with Crippen LogP contribution in [0.1, 0.15) is 50.8 Å². The molecule has 3 N–H and O–H groups in total. The molecule has 0 spiro atoms. The number of aliphatic hydroxyl groups is 1. The number of ketones is 1. The average Bonchev–Trinajstić information content (AvgIpc) is 3.55. The number of rotatable bonds is 8. The topological polar surface area (TPSA) is 134 Å². The maximum absolute atomic E-state index is 13.5. The number of aliphatic hydroxyl groups excluding tert-OH is 1. The molecule has 37 heavy (non-hydrogen) atoms. The Bertz CT molecular complexity index is 1430. The van der Waals surface area contributed by atoms with Crippen LogP contribution >= 0.6 is 22.9 Å². The zero-order chi connectivity index (χ0) is 26.3. The third kappa shape index (κ3) is 5.41. The maximum Gasteiger partial charge on any atom is 0.335 e. The fraction of sp³-hybridized carbons (Fsp3) is 0.375. The lowest BCUT2D eigenvalue weighted by atomic mass is 9.99. The van der Waals surface area contributed by atoms with Crippen LogP contribution in [0.2, 0.25) is 5.02 Å². The van der Waals surface area contributed by atoms with E-state index in [9.17, 15) is 18.3 Å². The Labute approximate surface area is 223 Å². The summed E-state index contributed by atoms with van der Waals surface area (Å²) >= 11 is 7.54. The molecule has 1 aliphatic heterocycles. The molecule has 4 atom stereocenters. The molecule has 3 heterocycles. The molecule has 2 aliphatic rings. The molecular weight excluding hydrogens is 538 g/mol. The molecule has 0 bridgehead atoms. The molecule has 0 unspecified atom stereocenters. The number of nitrogens with one attached hydrogen (secondary N) is 2. The Balaban J connectivity index is 1.34. The second-order valence-electron chi connectivity index (χ2n) is 9.19. The van der Waals surface area contributed by atoms with Gasteiger partial charge in [-0.3, -0.25) is 13.9 Å². The molecule has 0 radical (unpaired) electrons. The molecule has 0 amide bonds. The van der Waals surface area contributed by atoms with Gasteiger partial charge in [-0.15, -0.1) is 11.3 Å². The van der Waals surface area contributed by atoms with E-state index < -0.39 is 22.5 Å². The van der Waals surface area contributed by atoms with Gasteiger partial charge in [-0.25, -0.2) is 9.97 Å². The van der Waals surface area contributed by atoms with Crippen molar-refractivity contribution in [2.24, 2.45) is 0 Å². The first kappa shape index (κ1) is 26.2. The lowest BCUT2D eigenvalue weighted by molar-refractivity contribution is 0.0636. The van der Waals surface area contributed by atoms with E-state index in [4.69, 9.17) is 15.8 Å². The van der Waals surface area contributed by atoms with Crippen molar-refractivity contribution in [3.05, 3.63) is 74.3 Å². The van der Waals surface area contributed by atoms with Crippen molar-refractivity contribution in [2.45, 2.75) is 43.7 Å². The number of nitrogens with zero attached hydrogens (tertiary/aromatic N) is 3. The first-order valence-corrected chi connectivity index (χ1v) is 14.3. The highest BCUT2D eigenvalue weighted by Gasteiger charge is 2.37. The van der Waals surface area contributed by atoms with Gasteiger partial charge in [0.1, 0.15) is 18.2 Å². The molecular formula is C24H26ClN5O5S2. The van der Waals surface area contributed by atoms with Gasteiger partial charge >= 0.3 is 10.3 Å². The lowest BCUT2D eigenvalue weighted by Gasteiger charge is -2.19. The summed E-state index contributed by atoms with van der Waals surface area (Å²) in [6.07, 6.45) is 1.36. The van der Waals surface area contributed by atoms with E-state index in [2.05, 4.69) is 24.9 Å². The molecule has 1 fully saturated rings. The zero-order valence-electron chi connectivity index (χ0n) is 20.1. The number of fused-ring (bicyclic) bond motifs is 1. The van der Waals surface area contributed by atoms with Crippen LogP contribution in [-0.2, 0) is 21.0 Å². The van der Waals surface area contributed by atoms with E-state index in [1.807, 2.05) is 36.7 Å². The minimum absolute atomic E-state index is 0.0282. The smallest absolute Gasteiger partial charge is 0.335 e. The number of aromatic nitrogens is 2. The van der Waals surface area contributed by atoms with Gasteiger partial charge in [0.25, 0.3) is 0 Å². The molecule has 0 saturated heterocycles. The van der Waals surface area contributed by atoms with E-state index in [1.165, 1.54) is 42.0 Å². The van der Waals surface area contributed by atoms with E-state index in [-0.39, 0.29) is 30.7 Å². The standard InChI is InChI=1S/C24H26ClN5O5S2/c1-26-37(33,34)35-20-8-16(7-19(20)31)29-24-18(9-27-12-28-24)23(32)21-6-14(11-36-21)22-17-4-3-15(25)5-13(17)10-30(22)2/h3-6,9,11-12,16,19-20,22,26,31H,7-8,10H2,1-2H3,(H,27,28,29)/t16-,19+,20-,22-/m1/s1. The van der Waals surface area contributed by atoms with Crippen LogP contribution in [0.3, 0.4) is 0 Å². The number of hydrogen-bond donors (Lipinski definition) is 3. The van der Waals surface area contributed by atoms with Crippen molar-refractivity contribution in [3.63, 3.8) is 0 Å². The highest BCUT2D eigenvalue weighted by atomic mass is 35.5. The van der Waals surface area contributed by atoms with Gasteiger partial charge in [0.15, 0.2) is 0 Å². The Morgan fingerprint density at radius 2 is 2.11 bits per heavy atom. The van der Waals surface area contributed by atoms with E-state index in [1.54, 1.807) is 0 Å². The van der Waals surface area contributed by atoms with Crippen molar-refractivity contribution in [2.75, 3.05) is 19.4 Å². The van der Waals surface area contributed by atoms with Crippen LogP contribution in [0.15, 0.2) is 42.2 Å². The van der Waals surface area contributed by atoms with Crippen molar-refractivity contribution < 1.29 is 22.5 Å². The summed E-state index contributed by atoms with van der Waals surface area (Å²) < 4.78 is 30.6. The van der Waals surface area contributed by atoms with Gasteiger partial charge in [-0.1, -0.05) is 17.7 Å². The Hall–Kier alpha value is -2.45. The number of hydrogen-bond acceptors (Lipinski definition) is 10. The second-order valence-corrected chi connectivity index (χ2v) is 12.0. The molecule has 5 rings (SSSR count). The largest absolute Gasteiger partial charge is 0.390 e. The molecule has 1 aromatic carbocycles. The Morgan fingerprint density at radius 3 is 2.89 bits per heavy atom. The van der Waals surface area contributed by atoms with E-state index in [0.29, 0.717) is 21.3 Å². The third-order valence-electron chi connectivity index (χ3n) is 6.69. The number of anilines is 1. The monoisotopic (exact) mass is 563 g/mol. The molecule has 3 aromatic rings. The predicted octanol–water partition coefficient (Wildman–Crippen LogP) is 2.74. The summed E-state index contributed by atoms with van der Waals surface area (Å²) in [7, 11) is -0.668.